The maximum Gasteiger partial charge on any atom is 0.192 e. The fourth-order valence-electron chi connectivity index (χ4n) is 8.03. The molecule has 0 aliphatic carbocycles. The van der Waals surface area contributed by atoms with Gasteiger partial charge in [0.15, 0.2) is 5.96 Å². The van der Waals surface area contributed by atoms with Crippen LogP contribution >= 0.6 is 0 Å². The van der Waals surface area contributed by atoms with Crippen LogP contribution < -0.4 is 10.6 Å². The topological polar surface area (TPSA) is 36.4 Å². The normalized spacial score (nSPS) is 13.9. The van der Waals surface area contributed by atoms with Crippen LogP contribution in [0, 0.1) is 0 Å². The van der Waals surface area contributed by atoms with E-state index in [4.69, 9.17) is 4.99 Å². The summed E-state index contributed by atoms with van der Waals surface area (Å²) < 4.78 is 0. The number of fused-ring (bicyclic) bond motifs is 7. The number of guanidine groups is 1. The van der Waals surface area contributed by atoms with Crippen molar-refractivity contribution in [3.8, 4) is 33.4 Å². The molecule has 0 amide bonds. The second-order valence-electron chi connectivity index (χ2n) is 16.9. The predicted octanol–water partition coefficient (Wildman–Crippen LogP) is 12.9. The summed E-state index contributed by atoms with van der Waals surface area (Å²) in [6, 6.07) is 51.8. The highest BCUT2D eigenvalue weighted by Gasteiger charge is 2.26. The Kier molecular flexibility index (Phi) is 9.14. The number of nitrogens with one attached hydrogen (secondary N) is 2. The Balaban J connectivity index is 1.43. The highest BCUT2D eigenvalue weighted by molar-refractivity contribution is 6.12. The zero-order chi connectivity index (χ0) is 37.6. The van der Waals surface area contributed by atoms with Gasteiger partial charge in [0.2, 0.25) is 0 Å². The summed E-state index contributed by atoms with van der Waals surface area (Å²) in [4.78, 5) is 5.40. The molecule has 8 rings (SSSR count). The van der Waals surface area contributed by atoms with Gasteiger partial charge < -0.3 is 10.6 Å². The van der Waals surface area contributed by atoms with E-state index in [1.807, 2.05) is 0 Å². The zero-order valence-electron chi connectivity index (χ0n) is 32.7. The summed E-state index contributed by atoms with van der Waals surface area (Å²) in [6.45, 7) is 17.0. The molecule has 3 heteroatoms. The summed E-state index contributed by atoms with van der Waals surface area (Å²) >= 11 is 0. The predicted molar refractivity (Wildman–Crippen MR) is 231 cm³/mol. The summed E-state index contributed by atoms with van der Waals surface area (Å²) in [5, 5.41) is 12.6. The first-order valence-corrected chi connectivity index (χ1v) is 19.4. The molecule has 1 aliphatic heterocycles. The Bertz CT molecular complexity index is 2490. The van der Waals surface area contributed by atoms with Crippen molar-refractivity contribution >= 4 is 27.5 Å². The minimum Gasteiger partial charge on any atom is -0.352 e. The van der Waals surface area contributed by atoms with Gasteiger partial charge in [0.25, 0.3) is 0 Å². The summed E-state index contributed by atoms with van der Waals surface area (Å²) in [7, 11) is 0. The van der Waals surface area contributed by atoms with E-state index in [0.717, 1.165) is 5.96 Å². The molecule has 7 aromatic rings. The molecule has 0 radical (unpaired) electrons. The minimum atomic E-state index is 0.0687. The Morgan fingerprint density at radius 3 is 1.54 bits per heavy atom. The average Bonchev–Trinajstić information content (AvgIpc) is 3.25. The molecule has 3 nitrogen and oxygen atoms in total. The third kappa shape index (κ3) is 6.80. The standard InChI is InChI=1S/C51H51N3/c1-33(34-15-9-8-10-16-34)54-49-52-31-45-43(35-21-25-39(26-22-35)50(2,3)4)29-37-17-11-13-19-41(37)47(45)48-42-20-14-12-18-38(42)30-44(46(48)32-53-49)36-23-27-40(28-24-36)51(5,6)7/h8-30,33H,31-32H2,1-7H3,(H2,52,53,54)/t33-/m0/s1. The van der Waals surface area contributed by atoms with E-state index in [1.54, 1.807) is 0 Å². The van der Waals surface area contributed by atoms with Gasteiger partial charge in [-0.1, -0.05) is 169 Å². The molecule has 1 aliphatic rings. The van der Waals surface area contributed by atoms with Crippen molar-refractivity contribution < 1.29 is 0 Å². The van der Waals surface area contributed by atoms with Crippen LogP contribution in [-0.4, -0.2) is 5.96 Å². The molecule has 270 valence electrons. The fourth-order valence-corrected chi connectivity index (χ4v) is 8.03. The van der Waals surface area contributed by atoms with E-state index in [-0.39, 0.29) is 16.9 Å². The number of nitrogens with zero attached hydrogens (tertiary/aromatic N) is 1. The van der Waals surface area contributed by atoms with Crippen LogP contribution in [0.1, 0.15) is 82.3 Å². The van der Waals surface area contributed by atoms with Gasteiger partial charge in [0, 0.05) is 6.54 Å². The lowest BCUT2D eigenvalue weighted by Crippen LogP contribution is -2.38. The number of hydrogen-bond donors (Lipinski definition) is 2. The maximum absolute atomic E-state index is 5.40. The first-order valence-electron chi connectivity index (χ1n) is 19.4. The van der Waals surface area contributed by atoms with E-state index in [1.165, 1.54) is 82.7 Å². The number of rotatable bonds is 4. The largest absolute Gasteiger partial charge is 0.352 e. The van der Waals surface area contributed by atoms with Crippen LogP contribution in [0.5, 0.6) is 0 Å². The molecular weight excluding hydrogens is 655 g/mol. The van der Waals surface area contributed by atoms with Crippen molar-refractivity contribution in [2.24, 2.45) is 4.99 Å². The highest BCUT2D eigenvalue weighted by atomic mass is 15.2. The quantitative estimate of drug-likeness (QED) is 0.191. The third-order valence-corrected chi connectivity index (χ3v) is 11.2. The Morgan fingerprint density at radius 2 is 1.02 bits per heavy atom. The number of aliphatic imine (C=N–C) groups is 1. The Morgan fingerprint density at radius 1 is 0.556 bits per heavy atom. The van der Waals surface area contributed by atoms with Crippen molar-refractivity contribution in [1.29, 1.82) is 0 Å². The van der Waals surface area contributed by atoms with Crippen LogP contribution in [-0.2, 0) is 23.9 Å². The van der Waals surface area contributed by atoms with Crippen LogP contribution in [0.4, 0.5) is 0 Å². The van der Waals surface area contributed by atoms with Gasteiger partial charge in [-0.25, -0.2) is 4.99 Å². The fraction of sp³-hybridized carbons (Fsp3) is 0.235. The molecule has 0 fully saturated rings. The average molecular weight is 706 g/mol. The van der Waals surface area contributed by atoms with Gasteiger partial charge in [-0.2, -0.15) is 0 Å². The molecule has 1 atom stereocenters. The summed E-state index contributed by atoms with van der Waals surface area (Å²) in [5.74, 6) is 0.800. The SMILES string of the molecule is C[C@H](NC1=NCc2c(-c3ccc(C(C)(C)C)cc3)cc3ccccc3c2-c2c(c(-c3ccc(C(C)(C)C)cc3)cc3ccccc23)CN1)c1ccccc1. The molecular formula is C51H51N3. The molecule has 0 spiro atoms. The van der Waals surface area contributed by atoms with E-state index in [2.05, 4.69) is 199 Å². The van der Waals surface area contributed by atoms with Gasteiger partial charge in [-0.05, 0) is 113 Å². The first-order chi connectivity index (χ1) is 26.0. The monoisotopic (exact) mass is 705 g/mol. The highest BCUT2D eigenvalue weighted by Crippen LogP contribution is 2.47. The van der Waals surface area contributed by atoms with Crippen molar-refractivity contribution in [2.75, 3.05) is 0 Å². The van der Waals surface area contributed by atoms with Gasteiger partial charge >= 0.3 is 0 Å². The lowest BCUT2D eigenvalue weighted by atomic mass is 9.80. The van der Waals surface area contributed by atoms with E-state index in [9.17, 15) is 0 Å². The lowest BCUT2D eigenvalue weighted by Gasteiger charge is -2.24. The molecule has 0 aromatic heterocycles. The zero-order valence-corrected chi connectivity index (χ0v) is 32.7. The molecule has 0 saturated carbocycles. The number of benzene rings is 7. The second-order valence-corrected chi connectivity index (χ2v) is 16.9. The molecule has 1 heterocycles. The maximum atomic E-state index is 5.40. The van der Waals surface area contributed by atoms with Crippen LogP contribution in [0.2, 0.25) is 0 Å². The van der Waals surface area contributed by atoms with Gasteiger partial charge in [-0.3, -0.25) is 0 Å². The van der Waals surface area contributed by atoms with Crippen LogP contribution in [0.15, 0.2) is 145 Å². The van der Waals surface area contributed by atoms with Crippen LogP contribution in [0.25, 0.3) is 54.9 Å². The molecule has 2 N–H and O–H groups in total. The molecule has 0 saturated heterocycles. The number of hydrogen-bond acceptors (Lipinski definition) is 3. The van der Waals surface area contributed by atoms with Crippen molar-refractivity contribution in [3.05, 3.63) is 167 Å². The lowest BCUT2D eigenvalue weighted by molar-refractivity contribution is 0.590. The molecule has 7 aromatic carbocycles. The molecule has 0 bridgehead atoms. The first kappa shape index (κ1) is 35.4. The Hall–Kier alpha value is -5.67. The summed E-state index contributed by atoms with van der Waals surface area (Å²) in [6.07, 6.45) is 0. The van der Waals surface area contributed by atoms with Crippen LogP contribution in [0.3, 0.4) is 0 Å². The summed E-state index contributed by atoms with van der Waals surface area (Å²) in [5.41, 5.74) is 14.0. The van der Waals surface area contributed by atoms with E-state index < -0.39 is 0 Å². The minimum absolute atomic E-state index is 0.0687. The second kappa shape index (κ2) is 14.0. The smallest absolute Gasteiger partial charge is 0.192 e. The molecule has 54 heavy (non-hydrogen) atoms. The van der Waals surface area contributed by atoms with E-state index in [0.29, 0.717) is 13.1 Å². The van der Waals surface area contributed by atoms with Crippen molar-refractivity contribution in [3.63, 3.8) is 0 Å². The Labute approximate surface area is 321 Å². The van der Waals surface area contributed by atoms with Gasteiger partial charge in [0.05, 0.1) is 12.6 Å². The third-order valence-electron chi connectivity index (χ3n) is 11.2. The molecule has 0 unspecified atom stereocenters. The van der Waals surface area contributed by atoms with Crippen molar-refractivity contribution in [2.45, 2.75) is 78.4 Å². The van der Waals surface area contributed by atoms with E-state index >= 15 is 0 Å². The van der Waals surface area contributed by atoms with Crippen molar-refractivity contribution in [1.82, 2.24) is 10.6 Å². The van der Waals surface area contributed by atoms with Gasteiger partial charge in [-0.15, -0.1) is 0 Å². The van der Waals surface area contributed by atoms with Gasteiger partial charge in [0.1, 0.15) is 0 Å².